The van der Waals surface area contributed by atoms with E-state index in [0.717, 1.165) is 27.7 Å². The third-order valence-corrected chi connectivity index (χ3v) is 4.87. The van der Waals surface area contributed by atoms with Crippen LogP contribution in [-0.4, -0.2) is 27.1 Å². The number of carbonyl (C=O) groups excluding carboxylic acids is 1. The monoisotopic (exact) mass is 382 g/mol. The Morgan fingerprint density at radius 1 is 1.33 bits per heavy atom. The molecule has 4 aromatic rings. The van der Waals surface area contributed by atoms with Crippen molar-refractivity contribution in [3.8, 4) is 17.0 Å². The molecule has 0 saturated carbocycles. The van der Waals surface area contributed by atoms with Crippen molar-refractivity contribution in [1.82, 2.24) is 14.5 Å². The number of fused-ring (bicyclic) bond motifs is 1. The first-order valence-corrected chi connectivity index (χ1v) is 9.42. The van der Waals surface area contributed by atoms with Crippen LogP contribution in [0.3, 0.4) is 0 Å². The minimum Gasteiger partial charge on any atom is -0.494 e. The highest BCUT2D eigenvalue weighted by molar-refractivity contribution is 7.15. The van der Waals surface area contributed by atoms with Crippen LogP contribution in [0, 0.1) is 6.92 Å². The van der Waals surface area contributed by atoms with Gasteiger partial charge in [0.05, 0.1) is 18.7 Å². The maximum absolute atomic E-state index is 12.3. The van der Waals surface area contributed by atoms with E-state index >= 15 is 0 Å². The van der Waals surface area contributed by atoms with Gasteiger partial charge in [0.25, 0.3) is 0 Å². The number of ether oxygens (including phenoxy) is 1. The molecule has 3 aromatic heterocycles. The fourth-order valence-electron chi connectivity index (χ4n) is 2.76. The number of anilines is 1. The molecule has 0 aliphatic rings. The van der Waals surface area contributed by atoms with Gasteiger partial charge in [-0.3, -0.25) is 9.20 Å². The quantitative estimate of drug-likeness (QED) is 0.546. The molecule has 1 N–H and O–H groups in total. The lowest BCUT2D eigenvalue weighted by Gasteiger charge is -2.03. The molecule has 0 radical (unpaired) electrons. The molecule has 1 aromatic carbocycles. The largest absolute Gasteiger partial charge is 0.494 e. The van der Waals surface area contributed by atoms with Gasteiger partial charge >= 0.3 is 0 Å². The summed E-state index contributed by atoms with van der Waals surface area (Å²) in [6, 6.07) is 9.51. The second-order valence-electron chi connectivity index (χ2n) is 6.01. The standard InChI is InChI=1S/C19H18N4O3S/c1-3-25-15-6-4-13(5-7-15)16-10-23-14(11-27-19(23)20-16)9-18(24)21-17-8-12(2)26-22-17/h4-8,10-11H,3,9H2,1-2H3,(H,21,22,24). The minimum atomic E-state index is -0.153. The van der Waals surface area contributed by atoms with E-state index in [1.54, 1.807) is 13.0 Å². The first-order chi connectivity index (χ1) is 13.1. The van der Waals surface area contributed by atoms with E-state index in [2.05, 4.69) is 15.5 Å². The maximum Gasteiger partial charge on any atom is 0.231 e. The van der Waals surface area contributed by atoms with Gasteiger partial charge in [0.15, 0.2) is 10.8 Å². The predicted molar refractivity (Wildman–Crippen MR) is 103 cm³/mol. The second-order valence-corrected chi connectivity index (χ2v) is 6.85. The normalized spacial score (nSPS) is 11.0. The fourth-order valence-corrected chi connectivity index (χ4v) is 3.63. The van der Waals surface area contributed by atoms with Crippen molar-refractivity contribution in [2.24, 2.45) is 0 Å². The SMILES string of the molecule is CCOc1ccc(-c2cn3c(CC(=O)Nc4cc(C)on4)csc3n2)cc1. The molecule has 8 heteroatoms. The Bertz CT molecular complexity index is 1080. The van der Waals surface area contributed by atoms with Crippen LogP contribution in [0.4, 0.5) is 5.82 Å². The first kappa shape index (κ1) is 17.3. The molecule has 1 amide bonds. The number of thiazole rings is 1. The minimum absolute atomic E-state index is 0.153. The van der Waals surface area contributed by atoms with Crippen molar-refractivity contribution in [3.63, 3.8) is 0 Å². The van der Waals surface area contributed by atoms with E-state index in [4.69, 9.17) is 9.26 Å². The van der Waals surface area contributed by atoms with Crippen LogP contribution in [0.5, 0.6) is 5.75 Å². The average molecular weight is 382 g/mol. The van der Waals surface area contributed by atoms with Crippen LogP contribution in [0.15, 0.2) is 46.4 Å². The summed E-state index contributed by atoms with van der Waals surface area (Å²) in [5, 5.41) is 8.46. The molecule has 0 spiro atoms. The van der Waals surface area contributed by atoms with Gasteiger partial charge in [-0.05, 0) is 38.1 Å². The highest BCUT2D eigenvalue weighted by atomic mass is 32.1. The number of aromatic nitrogens is 3. The van der Waals surface area contributed by atoms with E-state index in [-0.39, 0.29) is 12.3 Å². The van der Waals surface area contributed by atoms with E-state index in [1.165, 1.54) is 11.3 Å². The van der Waals surface area contributed by atoms with Crippen molar-refractivity contribution >= 4 is 28.0 Å². The molecule has 0 bridgehead atoms. The number of rotatable bonds is 6. The van der Waals surface area contributed by atoms with Gasteiger partial charge in [-0.25, -0.2) is 4.98 Å². The molecule has 7 nitrogen and oxygen atoms in total. The Hall–Kier alpha value is -3.13. The fraction of sp³-hybridized carbons (Fsp3) is 0.211. The molecule has 0 fully saturated rings. The molecule has 27 heavy (non-hydrogen) atoms. The zero-order chi connectivity index (χ0) is 18.8. The average Bonchev–Trinajstić information content (AvgIpc) is 3.34. The lowest BCUT2D eigenvalue weighted by molar-refractivity contribution is -0.115. The highest BCUT2D eigenvalue weighted by Crippen LogP contribution is 2.25. The molecule has 3 heterocycles. The van der Waals surface area contributed by atoms with E-state index in [0.29, 0.717) is 18.2 Å². The first-order valence-electron chi connectivity index (χ1n) is 8.54. The van der Waals surface area contributed by atoms with Crippen LogP contribution >= 0.6 is 11.3 Å². The van der Waals surface area contributed by atoms with Crippen LogP contribution in [0.1, 0.15) is 18.4 Å². The summed E-state index contributed by atoms with van der Waals surface area (Å²) in [5.74, 6) is 1.75. The number of nitrogens with one attached hydrogen (secondary N) is 1. The van der Waals surface area contributed by atoms with Crippen LogP contribution in [-0.2, 0) is 11.2 Å². The molecule has 0 saturated heterocycles. The Kier molecular flexibility index (Phi) is 4.64. The molecular weight excluding hydrogens is 364 g/mol. The summed E-state index contributed by atoms with van der Waals surface area (Å²) < 4.78 is 12.4. The topological polar surface area (TPSA) is 81.7 Å². The number of carbonyl (C=O) groups is 1. The summed E-state index contributed by atoms with van der Waals surface area (Å²) in [7, 11) is 0. The van der Waals surface area contributed by atoms with E-state index < -0.39 is 0 Å². The van der Waals surface area contributed by atoms with Crippen LogP contribution in [0.25, 0.3) is 16.2 Å². The summed E-state index contributed by atoms with van der Waals surface area (Å²) in [5.41, 5.74) is 2.74. The number of benzene rings is 1. The number of aryl methyl sites for hydroxylation is 1. The molecule has 0 aliphatic heterocycles. The lowest BCUT2D eigenvalue weighted by Crippen LogP contribution is -2.15. The maximum atomic E-state index is 12.3. The van der Waals surface area contributed by atoms with Gasteiger partial charge in [-0.1, -0.05) is 5.16 Å². The number of hydrogen-bond donors (Lipinski definition) is 1. The summed E-state index contributed by atoms with van der Waals surface area (Å²) in [4.78, 5) is 17.8. The van der Waals surface area contributed by atoms with Gasteiger partial charge in [0, 0.05) is 28.9 Å². The Labute approximate surface area is 159 Å². The second kappa shape index (κ2) is 7.24. The Balaban J connectivity index is 1.52. The summed E-state index contributed by atoms with van der Waals surface area (Å²) >= 11 is 1.51. The van der Waals surface area contributed by atoms with Crippen molar-refractivity contribution < 1.29 is 14.1 Å². The van der Waals surface area contributed by atoms with Gasteiger partial charge < -0.3 is 14.6 Å². The summed E-state index contributed by atoms with van der Waals surface area (Å²) in [6.45, 7) is 4.37. The molecule has 0 atom stereocenters. The molecule has 4 rings (SSSR count). The Morgan fingerprint density at radius 3 is 2.85 bits per heavy atom. The van der Waals surface area contributed by atoms with Crippen LogP contribution in [0.2, 0.25) is 0 Å². The molecule has 138 valence electrons. The van der Waals surface area contributed by atoms with Crippen molar-refractivity contribution in [2.45, 2.75) is 20.3 Å². The molecule has 0 unspecified atom stereocenters. The molecular formula is C19H18N4O3S. The number of nitrogens with zero attached hydrogens (tertiary/aromatic N) is 3. The lowest BCUT2D eigenvalue weighted by atomic mass is 10.1. The van der Waals surface area contributed by atoms with Gasteiger partial charge in [0.1, 0.15) is 11.5 Å². The van der Waals surface area contributed by atoms with Crippen molar-refractivity contribution in [3.05, 3.63) is 53.4 Å². The zero-order valence-electron chi connectivity index (χ0n) is 14.9. The highest BCUT2D eigenvalue weighted by Gasteiger charge is 2.14. The Morgan fingerprint density at radius 2 is 2.15 bits per heavy atom. The summed E-state index contributed by atoms with van der Waals surface area (Å²) in [6.07, 6.45) is 2.18. The zero-order valence-corrected chi connectivity index (χ0v) is 15.7. The smallest absolute Gasteiger partial charge is 0.231 e. The third kappa shape index (κ3) is 3.70. The van der Waals surface area contributed by atoms with Crippen LogP contribution < -0.4 is 10.1 Å². The third-order valence-electron chi connectivity index (χ3n) is 3.98. The van der Waals surface area contributed by atoms with Gasteiger partial charge in [0.2, 0.25) is 5.91 Å². The van der Waals surface area contributed by atoms with E-state index in [1.807, 2.05) is 47.2 Å². The number of amides is 1. The van der Waals surface area contributed by atoms with Crippen molar-refractivity contribution in [2.75, 3.05) is 11.9 Å². The molecule has 0 aliphatic carbocycles. The number of imidazole rings is 1. The van der Waals surface area contributed by atoms with Gasteiger partial charge in [-0.2, -0.15) is 0 Å². The number of hydrogen-bond acceptors (Lipinski definition) is 6. The predicted octanol–water partition coefficient (Wildman–Crippen LogP) is 3.94. The van der Waals surface area contributed by atoms with E-state index in [9.17, 15) is 4.79 Å². The van der Waals surface area contributed by atoms with Gasteiger partial charge in [-0.15, -0.1) is 11.3 Å². The van der Waals surface area contributed by atoms with Crippen molar-refractivity contribution in [1.29, 1.82) is 0 Å².